The van der Waals surface area contributed by atoms with E-state index in [-0.39, 0.29) is 35.8 Å². The van der Waals surface area contributed by atoms with Crippen LogP contribution >= 0.6 is 0 Å². The largest absolute Gasteiger partial charge is 0.469 e. The monoisotopic (exact) mass is 293 g/mol. The van der Waals surface area contributed by atoms with Gasteiger partial charge in [-0.2, -0.15) is 0 Å². The summed E-state index contributed by atoms with van der Waals surface area (Å²) in [7, 11) is 1.34. The number of carbonyl (C=O) groups excluding carboxylic acids is 2. The molecule has 21 heavy (non-hydrogen) atoms. The van der Waals surface area contributed by atoms with Gasteiger partial charge >= 0.3 is 5.97 Å². The highest BCUT2D eigenvalue weighted by atomic mass is 16.5. The SMILES string of the molecule is COC(=O)C1CN(C(=O)Cn2cc(N)ccc2=O)CC1C. The smallest absolute Gasteiger partial charge is 0.310 e. The van der Waals surface area contributed by atoms with Crippen LogP contribution in [0.4, 0.5) is 5.69 Å². The predicted octanol–water partition coefficient (Wildman–Crippen LogP) is -0.302. The number of hydrogen-bond acceptors (Lipinski definition) is 5. The molecule has 7 nitrogen and oxygen atoms in total. The second-order valence-corrected chi connectivity index (χ2v) is 5.33. The van der Waals surface area contributed by atoms with Crippen molar-refractivity contribution in [2.75, 3.05) is 25.9 Å². The van der Waals surface area contributed by atoms with Crippen molar-refractivity contribution < 1.29 is 14.3 Å². The number of ether oxygens (including phenoxy) is 1. The van der Waals surface area contributed by atoms with Gasteiger partial charge in [-0.3, -0.25) is 14.4 Å². The van der Waals surface area contributed by atoms with Crippen LogP contribution in [-0.4, -0.2) is 41.5 Å². The van der Waals surface area contributed by atoms with Crippen LogP contribution in [0.2, 0.25) is 0 Å². The number of esters is 1. The standard InChI is InChI=1S/C14H19N3O4/c1-9-5-16(7-11(9)14(20)21-2)13(19)8-17-6-10(15)3-4-12(17)18/h3-4,6,9,11H,5,7-8,15H2,1-2H3. The molecule has 2 unspecified atom stereocenters. The van der Waals surface area contributed by atoms with Gasteiger partial charge in [-0.15, -0.1) is 0 Å². The molecule has 2 heterocycles. The van der Waals surface area contributed by atoms with E-state index in [1.54, 1.807) is 4.90 Å². The van der Waals surface area contributed by atoms with E-state index in [2.05, 4.69) is 0 Å². The minimum atomic E-state index is -0.309. The first-order chi connectivity index (χ1) is 9.92. The number of rotatable bonds is 3. The number of aromatic nitrogens is 1. The second-order valence-electron chi connectivity index (χ2n) is 5.33. The van der Waals surface area contributed by atoms with Gasteiger partial charge in [0.25, 0.3) is 5.56 Å². The topological polar surface area (TPSA) is 94.6 Å². The summed E-state index contributed by atoms with van der Waals surface area (Å²) in [6.45, 7) is 2.63. The number of nitrogens with zero attached hydrogens (tertiary/aromatic N) is 2. The first-order valence-corrected chi connectivity index (χ1v) is 6.74. The molecule has 1 fully saturated rings. The maximum Gasteiger partial charge on any atom is 0.310 e. The average molecular weight is 293 g/mol. The lowest BCUT2D eigenvalue weighted by atomic mass is 9.99. The highest BCUT2D eigenvalue weighted by Gasteiger charge is 2.37. The van der Waals surface area contributed by atoms with Gasteiger partial charge in [-0.25, -0.2) is 0 Å². The Hall–Kier alpha value is -2.31. The number of anilines is 1. The maximum atomic E-state index is 12.3. The summed E-state index contributed by atoms with van der Waals surface area (Å²) in [6.07, 6.45) is 1.44. The van der Waals surface area contributed by atoms with E-state index in [9.17, 15) is 14.4 Å². The van der Waals surface area contributed by atoms with Crippen LogP contribution in [-0.2, 0) is 20.9 Å². The van der Waals surface area contributed by atoms with Crippen LogP contribution in [0.25, 0.3) is 0 Å². The van der Waals surface area contributed by atoms with E-state index in [0.29, 0.717) is 18.8 Å². The molecule has 1 aliphatic rings. The normalized spacial score (nSPS) is 21.3. The maximum absolute atomic E-state index is 12.3. The van der Waals surface area contributed by atoms with Crippen molar-refractivity contribution in [1.82, 2.24) is 9.47 Å². The van der Waals surface area contributed by atoms with Crippen LogP contribution in [0.1, 0.15) is 6.92 Å². The summed E-state index contributed by atoms with van der Waals surface area (Å²) in [5.74, 6) is -0.782. The Balaban J connectivity index is 2.06. The Morgan fingerprint density at radius 1 is 1.38 bits per heavy atom. The van der Waals surface area contributed by atoms with Crippen LogP contribution in [0.15, 0.2) is 23.1 Å². The van der Waals surface area contributed by atoms with Crippen molar-refractivity contribution in [3.63, 3.8) is 0 Å². The Kier molecular flexibility index (Phi) is 4.30. The fraction of sp³-hybridized carbons (Fsp3) is 0.500. The zero-order valence-corrected chi connectivity index (χ0v) is 12.1. The van der Waals surface area contributed by atoms with E-state index in [4.69, 9.17) is 10.5 Å². The van der Waals surface area contributed by atoms with E-state index in [1.807, 2.05) is 6.92 Å². The predicted molar refractivity (Wildman–Crippen MR) is 76.4 cm³/mol. The molecule has 114 valence electrons. The summed E-state index contributed by atoms with van der Waals surface area (Å²) >= 11 is 0. The van der Waals surface area contributed by atoms with Gasteiger partial charge in [-0.05, 0) is 12.0 Å². The number of amides is 1. The van der Waals surface area contributed by atoms with E-state index >= 15 is 0 Å². The minimum Gasteiger partial charge on any atom is -0.469 e. The fourth-order valence-corrected chi connectivity index (χ4v) is 2.55. The Labute approximate surface area is 122 Å². The molecule has 0 spiro atoms. The molecule has 0 bridgehead atoms. The summed E-state index contributed by atoms with van der Waals surface area (Å²) in [6, 6.07) is 2.82. The van der Waals surface area contributed by atoms with Crippen LogP contribution in [0.3, 0.4) is 0 Å². The minimum absolute atomic E-state index is 0.0407. The van der Waals surface area contributed by atoms with Crippen LogP contribution < -0.4 is 11.3 Å². The van der Waals surface area contributed by atoms with Gasteiger partial charge < -0.3 is 19.9 Å². The molecule has 1 aliphatic heterocycles. The van der Waals surface area contributed by atoms with Crippen LogP contribution in [0, 0.1) is 11.8 Å². The number of carbonyl (C=O) groups is 2. The second kappa shape index (κ2) is 5.99. The number of pyridine rings is 1. The Morgan fingerprint density at radius 3 is 2.76 bits per heavy atom. The zero-order valence-electron chi connectivity index (χ0n) is 12.1. The molecule has 1 saturated heterocycles. The number of likely N-dealkylation sites (tertiary alicyclic amines) is 1. The van der Waals surface area contributed by atoms with Crippen molar-refractivity contribution >= 4 is 17.6 Å². The molecule has 0 radical (unpaired) electrons. The summed E-state index contributed by atoms with van der Waals surface area (Å²) < 4.78 is 6.01. The molecule has 2 atom stereocenters. The Morgan fingerprint density at radius 2 is 2.10 bits per heavy atom. The fourth-order valence-electron chi connectivity index (χ4n) is 2.55. The zero-order chi connectivity index (χ0) is 15.6. The lowest BCUT2D eigenvalue weighted by Crippen LogP contribution is -2.35. The molecule has 0 saturated carbocycles. The molecule has 0 aromatic carbocycles. The summed E-state index contributed by atoms with van der Waals surface area (Å²) in [5.41, 5.74) is 5.75. The molecule has 7 heteroatoms. The number of hydrogen-bond donors (Lipinski definition) is 1. The lowest BCUT2D eigenvalue weighted by molar-refractivity contribution is -0.146. The molecule has 1 aromatic heterocycles. The van der Waals surface area contributed by atoms with Crippen molar-refractivity contribution in [3.05, 3.63) is 28.7 Å². The van der Waals surface area contributed by atoms with E-state index in [1.165, 1.54) is 30.0 Å². The van der Waals surface area contributed by atoms with Crippen molar-refractivity contribution in [1.29, 1.82) is 0 Å². The van der Waals surface area contributed by atoms with Crippen molar-refractivity contribution in [3.8, 4) is 0 Å². The third-order valence-electron chi connectivity index (χ3n) is 3.78. The average Bonchev–Trinajstić information content (AvgIpc) is 2.84. The first kappa shape index (κ1) is 15.1. The number of nitrogen functional groups attached to an aromatic ring is 1. The third kappa shape index (κ3) is 3.24. The van der Waals surface area contributed by atoms with Crippen molar-refractivity contribution in [2.45, 2.75) is 13.5 Å². The van der Waals surface area contributed by atoms with Gasteiger partial charge in [0, 0.05) is 31.0 Å². The molecule has 2 rings (SSSR count). The molecule has 0 aliphatic carbocycles. The quantitative estimate of drug-likeness (QED) is 0.772. The van der Waals surface area contributed by atoms with Gasteiger partial charge in [-0.1, -0.05) is 6.92 Å². The van der Waals surface area contributed by atoms with Crippen molar-refractivity contribution in [2.24, 2.45) is 11.8 Å². The highest BCUT2D eigenvalue weighted by Crippen LogP contribution is 2.24. The molecule has 2 N–H and O–H groups in total. The molecular weight excluding hydrogens is 274 g/mol. The highest BCUT2D eigenvalue weighted by molar-refractivity contribution is 5.79. The number of nitrogens with two attached hydrogens (primary N) is 1. The van der Waals surface area contributed by atoms with E-state index < -0.39 is 0 Å². The Bertz CT molecular complexity index is 610. The summed E-state index contributed by atoms with van der Waals surface area (Å²) in [5, 5.41) is 0. The lowest BCUT2D eigenvalue weighted by Gasteiger charge is -2.17. The van der Waals surface area contributed by atoms with Crippen LogP contribution in [0.5, 0.6) is 0 Å². The molecule has 1 amide bonds. The first-order valence-electron chi connectivity index (χ1n) is 6.74. The van der Waals surface area contributed by atoms with Gasteiger partial charge in [0.05, 0.1) is 13.0 Å². The molecule has 1 aromatic rings. The van der Waals surface area contributed by atoms with Gasteiger partial charge in [0.2, 0.25) is 5.91 Å². The third-order valence-corrected chi connectivity index (χ3v) is 3.78. The summed E-state index contributed by atoms with van der Waals surface area (Å²) in [4.78, 5) is 37.1. The number of methoxy groups -OCH3 is 1. The van der Waals surface area contributed by atoms with E-state index in [0.717, 1.165) is 0 Å². The van der Waals surface area contributed by atoms with Gasteiger partial charge in [0.1, 0.15) is 6.54 Å². The molecular formula is C14H19N3O4. The van der Waals surface area contributed by atoms with Gasteiger partial charge in [0.15, 0.2) is 0 Å².